The molecule has 4 nitrogen and oxygen atoms in total. The first kappa shape index (κ1) is 30.1. The second-order valence-corrected chi connectivity index (χ2v) is 9.05. The molecule has 0 saturated heterocycles. The van der Waals surface area contributed by atoms with Gasteiger partial charge in [0.15, 0.2) is 0 Å². The van der Waals surface area contributed by atoms with Gasteiger partial charge in [0, 0.05) is 19.0 Å². The fraction of sp³-hybridized carbons (Fsp3) is 1.00. The van der Waals surface area contributed by atoms with Crippen LogP contribution in [0.1, 0.15) is 116 Å². The molecule has 0 aromatic rings. The summed E-state index contributed by atoms with van der Waals surface area (Å²) in [5.41, 5.74) is 0. The van der Waals surface area contributed by atoms with E-state index in [0.29, 0.717) is 19.6 Å². The van der Waals surface area contributed by atoms with Crippen LogP contribution in [0.3, 0.4) is 0 Å². The molecule has 0 rings (SSSR count). The third-order valence-corrected chi connectivity index (χ3v) is 5.61. The van der Waals surface area contributed by atoms with Crippen molar-refractivity contribution in [2.45, 2.75) is 116 Å². The molecule has 0 N–H and O–H groups in total. The Balaban J connectivity index is 0. The maximum Gasteiger partial charge on any atom is 1.00 e. The van der Waals surface area contributed by atoms with Crippen LogP contribution in [0, 0.1) is 0 Å². The largest absolute Gasteiger partial charge is 1.00 e. The second kappa shape index (κ2) is 23.2. The van der Waals surface area contributed by atoms with Crippen LogP contribution in [0.2, 0.25) is 0 Å². The molecular formula is C21H43NaO4S. The van der Waals surface area contributed by atoms with Crippen LogP contribution in [-0.2, 0) is 14.9 Å². The second-order valence-electron chi connectivity index (χ2n) is 7.53. The van der Waals surface area contributed by atoms with Gasteiger partial charge in [0.05, 0.1) is 10.1 Å². The summed E-state index contributed by atoms with van der Waals surface area (Å²) in [4.78, 5) is 0. The van der Waals surface area contributed by atoms with Gasteiger partial charge in [-0.05, 0) is 12.8 Å². The molecule has 0 aliphatic carbocycles. The summed E-state index contributed by atoms with van der Waals surface area (Å²) in [5, 5.41) is 0. The Bertz CT molecular complexity index is 374. The van der Waals surface area contributed by atoms with E-state index >= 15 is 0 Å². The molecule has 0 amide bonds. The summed E-state index contributed by atoms with van der Waals surface area (Å²) in [6, 6.07) is 0. The number of hydrogen-bond acceptors (Lipinski definition) is 4. The minimum atomic E-state index is -4.08. The minimum Gasteiger partial charge on any atom is -0.748 e. The number of rotatable bonds is 21. The van der Waals surface area contributed by atoms with Crippen LogP contribution in [0.4, 0.5) is 0 Å². The summed E-state index contributed by atoms with van der Waals surface area (Å²) in [5.74, 6) is -0.314. The van der Waals surface area contributed by atoms with Crippen molar-refractivity contribution in [3.8, 4) is 0 Å². The zero-order valence-electron chi connectivity index (χ0n) is 18.2. The molecule has 0 aliphatic heterocycles. The first-order chi connectivity index (χ1) is 12.6. The van der Waals surface area contributed by atoms with Gasteiger partial charge in [0.25, 0.3) is 0 Å². The third-order valence-electron chi connectivity index (χ3n) is 4.83. The Morgan fingerprint density at radius 1 is 0.593 bits per heavy atom. The van der Waals surface area contributed by atoms with E-state index in [-0.39, 0.29) is 35.3 Å². The van der Waals surface area contributed by atoms with E-state index in [1.165, 1.54) is 96.3 Å². The van der Waals surface area contributed by atoms with Crippen molar-refractivity contribution in [3.05, 3.63) is 0 Å². The van der Waals surface area contributed by atoms with Crippen LogP contribution in [0.5, 0.6) is 0 Å². The van der Waals surface area contributed by atoms with E-state index in [1.807, 2.05) is 0 Å². The Labute approximate surface area is 191 Å². The molecule has 158 valence electrons. The predicted octanol–water partition coefficient (Wildman–Crippen LogP) is 3.20. The summed E-state index contributed by atoms with van der Waals surface area (Å²) in [6.45, 7) is 3.32. The van der Waals surface area contributed by atoms with Crippen LogP contribution >= 0.6 is 0 Å². The monoisotopic (exact) mass is 414 g/mol. The molecule has 0 atom stereocenters. The van der Waals surface area contributed by atoms with Crippen LogP contribution < -0.4 is 29.6 Å². The number of unbranched alkanes of at least 4 members (excludes halogenated alkanes) is 15. The zero-order valence-corrected chi connectivity index (χ0v) is 21.0. The fourth-order valence-corrected chi connectivity index (χ4v) is 3.66. The standard InChI is InChI=1S/C21H44O4S.Na/c1-2-3-4-5-6-7-8-9-10-11-12-13-14-15-16-17-19-25-20-18-21-26(22,23)24;/h2-21H2,1H3,(H,22,23,24);/q;+1/p-1. The molecule has 0 aliphatic rings. The van der Waals surface area contributed by atoms with Gasteiger partial charge in [-0.25, -0.2) is 8.42 Å². The molecule has 0 radical (unpaired) electrons. The molecule has 0 saturated carbocycles. The topological polar surface area (TPSA) is 66.4 Å². The molecule has 0 heterocycles. The summed E-state index contributed by atoms with van der Waals surface area (Å²) in [7, 11) is -4.08. The molecule has 6 heteroatoms. The Morgan fingerprint density at radius 3 is 1.30 bits per heavy atom. The van der Waals surface area contributed by atoms with E-state index in [9.17, 15) is 13.0 Å². The van der Waals surface area contributed by atoms with E-state index in [1.54, 1.807) is 0 Å². The predicted molar refractivity (Wildman–Crippen MR) is 110 cm³/mol. The first-order valence-corrected chi connectivity index (χ1v) is 12.7. The van der Waals surface area contributed by atoms with Gasteiger partial charge in [-0.1, -0.05) is 103 Å². The Kier molecular flexibility index (Phi) is 25.8. The van der Waals surface area contributed by atoms with Crippen LogP contribution in [0.25, 0.3) is 0 Å². The number of ether oxygens (including phenoxy) is 1. The van der Waals surface area contributed by atoms with E-state index in [4.69, 9.17) is 4.74 Å². The van der Waals surface area contributed by atoms with Crippen molar-refractivity contribution < 1.29 is 47.3 Å². The molecule has 0 aromatic heterocycles. The van der Waals surface area contributed by atoms with Crippen LogP contribution in [-0.4, -0.2) is 31.9 Å². The summed E-state index contributed by atoms with van der Waals surface area (Å²) < 4.78 is 36.6. The van der Waals surface area contributed by atoms with Gasteiger partial charge in [0.1, 0.15) is 0 Å². The number of hydrogen-bond donors (Lipinski definition) is 0. The molecule has 0 spiro atoms. The van der Waals surface area contributed by atoms with Gasteiger partial charge < -0.3 is 9.29 Å². The van der Waals surface area contributed by atoms with E-state index in [2.05, 4.69) is 6.92 Å². The van der Waals surface area contributed by atoms with E-state index < -0.39 is 10.1 Å². The van der Waals surface area contributed by atoms with Gasteiger partial charge in [-0.3, -0.25) is 0 Å². The zero-order chi connectivity index (χ0) is 19.3. The van der Waals surface area contributed by atoms with Crippen molar-refractivity contribution in [1.82, 2.24) is 0 Å². The SMILES string of the molecule is CCCCCCCCCCCCCCCCCCOCCCS(=O)(=O)[O-].[Na+]. The maximum atomic E-state index is 10.4. The summed E-state index contributed by atoms with van der Waals surface area (Å²) >= 11 is 0. The van der Waals surface area contributed by atoms with Crippen molar-refractivity contribution >= 4 is 10.1 Å². The minimum absolute atomic E-state index is 0. The van der Waals surface area contributed by atoms with Crippen molar-refractivity contribution in [1.29, 1.82) is 0 Å². The van der Waals surface area contributed by atoms with Crippen LogP contribution in [0.15, 0.2) is 0 Å². The van der Waals surface area contributed by atoms with Gasteiger partial charge >= 0.3 is 29.6 Å². The van der Waals surface area contributed by atoms with Crippen molar-refractivity contribution in [2.75, 3.05) is 19.0 Å². The van der Waals surface area contributed by atoms with Gasteiger partial charge in [0.2, 0.25) is 0 Å². The molecule has 27 heavy (non-hydrogen) atoms. The normalized spacial score (nSPS) is 11.5. The maximum absolute atomic E-state index is 10.4. The van der Waals surface area contributed by atoms with Crippen molar-refractivity contribution in [2.24, 2.45) is 0 Å². The molecular weight excluding hydrogens is 371 g/mol. The quantitative estimate of drug-likeness (QED) is 0.164. The van der Waals surface area contributed by atoms with E-state index in [0.717, 1.165) is 6.42 Å². The Hall–Kier alpha value is 0.870. The molecule has 0 bridgehead atoms. The molecule has 0 aromatic carbocycles. The average Bonchev–Trinajstić information content (AvgIpc) is 2.59. The fourth-order valence-electron chi connectivity index (χ4n) is 3.19. The van der Waals surface area contributed by atoms with Crippen molar-refractivity contribution in [3.63, 3.8) is 0 Å². The molecule has 0 unspecified atom stereocenters. The molecule has 0 fully saturated rings. The first-order valence-electron chi connectivity index (χ1n) is 11.1. The summed E-state index contributed by atoms with van der Waals surface area (Å²) in [6.07, 6.45) is 21.9. The third kappa shape index (κ3) is 29.2. The van der Waals surface area contributed by atoms with Gasteiger partial charge in [-0.2, -0.15) is 0 Å². The Morgan fingerprint density at radius 2 is 0.926 bits per heavy atom. The smallest absolute Gasteiger partial charge is 0.748 e. The van der Waals surface area contributed by atoms with Gasteiger partial charge in [-0.15, -0.1) is 0 Å². The average molecular weight is 415 g/mol.